The van der Waals surface area contributed by atoms with Gasteiger partial charge in [0.1, 0.15) is 11.2 Å². The van der Waals surface area contributed by atoms with E-state index in [9.17, 15) is 0 Å². The number of hydrogen-bond acceptors (Lipinski definition) is 3. The quantitative estimate of drug-likeness (QED) is 0.199. The molecule has 46 heavy (non-hydrogen) atoms. The van der Waals surface area contributed by atoms with Crippen molar-refractivity contribution in [3.63, 3.8) is 0 Å². The Morgan fingerprint density at radius 1 is 0.500 bits per heavy atom. The molecule has 2 heterocycles. The molecule has 218 valence electrons. The van der Waals surface area contributed by atoms with Crippen LogP contribution in [0.1, 0.15) is 25.0 Å². The summed E-state index contributed by atoms with van der Waals surface area (Å²) >= 11 is 1.88. The van der Waals surface area contributed by atoms with E-state index in [0.717, 1.165) is 39.0 Å². The number of para-hydroxylation sites is 1. The minimum atomic E-state index is -0.0434. The standard InChI is InChI=1S/C43H29NOS/c1-43(2)37-12-6-3-9-30(37)36-24-28(19-22-38(36)43)44(29-18-21-32-31-10-4-7-13-39(31)45-40(32)25-29)27-17-15-26-16-20-34-33-11-5-8-14-41(33)46-42(34)35(26)23-27/h3-25H,1-2H3. The second-order valence-corrected chi connectivity index (χ2v) is 14.0. The lowest BCUT2D eigenvalue weighted by atomic mass is 9.82. The third kappa shape index (κ3) is 3.58. The van der Waals surface area contributed by atoms with Gasteiger partial charge in [0.15, 0.2) is 0 Å². The normalized spacial score (nSPS) is 13.6. The van der Waals surface area contributed by atoms with Gasteiger partial charge in [-0.1, -0.05) is 98.8 Å². The van der Waals surface area contributed by atoms with Gasteiger partial charge in [0, 0.05) is 64.9 Å². The van der Waals surface area contributed by atoms with E-state index >= 15 is 0 Å². The second kappa shape index (κ2) is 9.32. The molecule has 0 atom stereocenters. The Balaban J connectivity index is 1.23. The van der Waals surface area contributed by atoms with Gasteiger partial charge < -0.3 is 9.32 Å². The Kier molecular flexibility index (Phi) is 5.25. The number of fused-ring (bicyclic) bond motifs is 11. The zero-order chi connectivity index (χ0) is 30.6. The van der Waals surface area contributed by atoms with Crippen LogP contribution in [0.25, 0.3) is 64.0 Å². The SMILES string of the molecule is CC1(C)c2ccccc2-c2cc(N(c3ccc4c(c3)oc3ccccc34)c3ccc4ccc5c6ccccc6sc5c4c3)ccc21. The van der Waals surface area contributed by atoms with Gasteiger partial charge >= 0.3 is 0 Å². The molecular formula is C43H29NOS. The molecule has 7 aromatic carbocycles. The van der Waals surface area contributed by atoms with Gasteiger partial charge in [0.25, 0.3) is 0 Å². The Bertz CT molecular complexity index is 2690. The lowest BCUT2D eigenvalue weighted by Gasteiger charge is -2.27. The highest BCUT2D eigenvalue weighted by Gasteiger charge is 2.35. The third-order valence-corrected chi connectivity index (χ3v) is 11.3. The van der Waals surface area contributed by atoms with Crippen LogP contribution in [-0.2, 0) is 5.41 Å². The number of thiophene rings is 1. The van der Waals surface area contributed by atoms with Crippen LogP contribution < -0.4 is 4.90 Å². The van der Waals surface area contributed by atoms with Crippen LogP contribution >= 0.6 is 11.3 Å². The van der Waals surface area contributed by atoms with Gasteiger partial charge in [-0.05, 0) is 76.2 Å². The van der Waals surface area contributed by atoms with E-state index in [4.69, 9.17) is 4.42 Å². The first-order valence-electron chi connectivity index (χ1n) is 15.8. The van der Waals surface area contributed by atoms with E-state index in [1.165, 1.54) is 53.2 Å². The predicted molar refractivity (Wildman–Crippen MR) is 196 cm³/mol. The molecule has 0 spiro atoms. The minimum Gasteiger partial charge on any atom is -0.456 e. The summed E-state index contributed by atoms with van der Waals surface area (Å²) in [7, 11) is 0. The van der Waals surface area contributed by atoms with Crippen LogP contribution in [0, 0.1) is 0 Å². The third-order valence-electron chi connectivity index (χ3n) is 10.0. The highest BCUT2D eigenvalue weighted by atomic mass is 32.1. The molecule has 1 aliphatic carbocycles. The van der Waals surface area contributed by atoms with Gasteiger partial charge in [-0.15, -0.1) is 11.3 Å². The first-order chi connectivity index (χ1) is 22.5. The van der Waals surface area contributed by atoms with E-state index < -0.39 is 0 Å². The van der Waals surface area contributed by atoms with E-state index in [1.807, 2.05) is 23.5 Å². The molecule has 0 bridgehead atoms. The smallest absolute Gasteiger partial charge is 0.137 e. The van der Waals surface area contributed by atoms with Crippen LogP contribution in [0.15, 0.2) is 144 Å². The summed E-state index contributed by atoms with van der Waals surface area (Å²) in [5, 5.41) is 7.44. The fraction of sp³-hybridized carbons (Fsp3) is 0.0698. The van der Waals surface area contributed by atoms with Crippen molar-refractivity contribution in [2.45, 2.75) is 19.3 Å². The maximum Gasteiger partial charge on any atom is 0.137 e. The molecule has 0 unspecified atom stereocenters. The predicted octanol–water partition coefficient (Wildman–Crippen LogP) is 12.9. The van der Waals surface area contributed by atoms with Crippen molar-refractivity contribution < 1.29 is 4.42 Å². The fourth-order valence-electron chi connectivity index (χ4n) is 7.78. The van der Waals surface area contributed by atoms with Crippen molar-refractivity contribution in [3.8, 4) is 11.1 Å². The molecule has 0 saturated heterocycles. The van der Waals surface area contributed by atoms with Crippen LogP contribution in [0.4, 0.5) is 17.1 Å². The first kappa shape index (κ1) is 25.9. The summed E-state index contributed by atoms with van der Waals surface area (Å²) < 4.78 is 9.05. The van der Waals surface area contributed by atoms with Gasteiger partial charge in [-0.2, -0.15) is 0 Å². The van der Waals surface area contributed by atoms with Crippen molar-refractivity contribution in [3.05, 3.63) is 151 Å². The Morgan fingerprint density at radius 2 is 1.15 bits per heavy atom. The van der Waals surface area contributed by atoms with Crippen molar-refractivity contribution in [1.82, 2.24) is 0 Å². The van der Waals surface area contributed by atoms with E-state index in [-0.39, 0.29) is 5.41 Å². The van der Waals surface area contributed by atoms with Crippen molar-refractivity contribution in [2.75, 3.05) is 4.90 Å². The van der Waals surface area contributed by atoms with Crippen molar-refractivity contribution in [2.24, 2.45) is 0 Å². The highest BCUT2D eigenvalue weighted by Crippen LogP contribution is 2.51. The summed E-state index contributed by atoms with van der Waals surface area (Å²) in [5.41, 5.74) is 10.5. The number of furan rings is 1. The van der Waals surface area contributed by atoms with Gasteiger partial charge in [0.05, 0.1) is 0 Å². The zero-order valence-electron chi connectivity index (χ0n) is 25.5. The molecule has 9 aromatic rings. The number of nitrogens with zero attached hydrogens (tertiary/aromatic N) is 1. The summed E-state index contributed by atoms with van der Waals surface area (Å²) in [6, 6.07) is 51.0. The van der Waals surface area contributed by atoms with Crippen molar-refractivity contribution >= 4 is 81.3 Å². The minimum absolute atomic E-state index is 0.0434. The van der Waals surface area contributed by atoms with Crippen LogP contribution in [-0.4, -0.2) is 0 Å². The number of hydrogen-bond donors (Lipinski definition) is 0. The molecule has 3 heteroatoms. The molecular weight excluding hydrogens is 579 g/mol. The topological polar surface area (TPSA) is 16.4 Å². The largest absolute Gasteiger partial charge is 0.456 e. The van der Waals surface area contributed by atoms with Gasteiger partial charge in [-0.3, -0.25) is 0 Å². The lowest BCUT2D eigenvalue weighted by molar-refractivity contribution is 0.660. The van der Waals surface area contributed by atoms with Gasteiger partial charge in [-0.25, -0.2) is 0 Å². The van der Waals surface area contributed by atoms with Crippen LogP contribution in [0.2, 0.25) is 0 Å². The summed E-state index contributed by atoms with van der Waals surface area (Å²) in [6.07, 6.45) is 0. The molecule has 0 N–H and O–H groups in total. The van der Waals surface area contributed by atoms with Crippen molar-refractivity contribution in [1.29, 1.82) is 0 Å². The first-order valence-corrected chi connectivity index (χ1v) is 16.7. The molecule has 2 aromatic heterocycles. The number of rotatable bonds is 3. The molecule has 0 radical (unpaired) electrons. The lowest BCUT2D eigenvalue weighted by Crippen LogP contribution is -2.15. The molecule has 0 saturated carbocycles. The average molecular weight is 608 g/mol. The Hall–Kier alpha value is -5.38. The monoisotopic (exact) mass is 607 g/mol. The Labute approximate surface area is 270 Å². The number of anilines is 3. The van der Waals surface area contributed by atoms with Gasteiger partial charge in [0.2, 0.25) is 0 Å². The molecule has 10 rings (SSSR count). The number of benzene rings is 7. The summed E-state index contributed by atoms with van der Waals surface area (Å²) in [4.78, 5) is 2.40. The molecule has 0 amide bonds. The second-order valence-electron chi connectivity index (χ2n) is 13.0. The summed E-state index contributed by atoms with van der Waals surface area (Å²) in [6.45, 7) is 4.67. The molecule has 0 fully saturated rings. The maximum atomic E-state index is 6.40. The fourth-order valence-corrected chi connectivity index (χ4v) is 9.01. The highest BCUT2D eigenvalue weighted by molar-refractivity contribution is 7.26. The van der Waals surface area contributed by atoms with E-state index in [0.29, 0.717) is 0 Å². The molecule has 1 aliphatic rings. The van der Waals surface area contributed by atoms with Crippen LogP contribution in [0.3, 0.4) is 0 Å². The molecule has 0 aliphatic heterocycles. The van der Waals surface area contributed by atoms with Crippen LogP contribution in [0.5, 0.6) is 0 Å². The van der Waals surface area contributed by atoms with E-state index in [2.05, 4.69) is 146 Å². The molecule has 2 nitrogen and oxygen atoms in total. The average Bonchev–Trinajstić information content (AvgIpc) is 3.73. The van der Waals surface area contributed by atoms with E-state index in [1.54, 1.807) is 0 Å². The summed E-state index contributed by atoms with van der Waals surface area (Å²) in [5.74, 6) is 0. The Morgan fingerprint density at radius 3 is 2.09 bits per heavy atom. The zero-order valence-corrected chi connectivity index (χ0v) is 26.4. The maximum absolute atomic E-state index is 6.40.